The third-order valence-electron chi connectivity index (χ3n) is 6.06. The van der Waals surface area contributed by atoms with E-state index in [9.17, 15) is 9.18 Å². The molecule has 0 saturated carbocycles. The van der Waals surface area contributed by atoms with Gasteiger partial charge in [0.05, 0.1) is 11.4 Å². The Morgan fingerprint density at radius 1 is 1.09 bits per heavy atom. The summed E-state index contributed by atoms with van der Waals surface area (Å²) in [6, 6.07) is 13.4. The molecule has 1 fully saturated rings. The van der Waals surface area contributed by atoms with Crippen LogP contribution in [0.4, 0.5) is 9.39 Å². The number of amides is 1. The van der Waals surface area contributed by atoms with E-state index >= 15 is 0 Å². The van der Waals surface area contributed by atoms with E-state index in [0.717, 1.165) is 34.0 Å². The van der Waals surface area contributed by atoms with Gasteiger partial charge in [-0.25, -0.2) is 4.98 Å². The number of piperidine rings is 1. The van der Waals surface area contributed by atoms with Gasteiger partial charge < -0.3 is 10.6 Å². The highest BCUT2D eigenvalue weighted by atomic mass is 32.1. The van der Waals surface area contributed by atoms with Crippen molar-refractivity contribution in [2.24, 2.45) is 5.92 Å². The minimum Gasteiger partial charge on any atom is -0.317 e. The monoisotopic (exact) mass is 451 g/mol. The Morgan fingerprint density at radius 3 is 2.78 bits per heavy atom. The highest BCUT2D eigenvalue weighted by Crippen LogP contribution is 2.29. The van der Waals surface area contributed by atoms with E-state index in [1.165, 1.54) is 74.4 Å². The van der Waals surface area contributed by atoms with Gasteiger partial charge in [0.2, 0.25) is 11.9 Å². The Labute approximate surface area is 193 Å². The second-order valence-electron chi connectivity index (χ2n) is 8.55. The smallest absolute Gasteiger partial charge is 0.229 e. The zero-order valence-corrected chi connectivity index (χ0v) is 19.1. The van der Waals surface area contributed by atoms with Gasteiger partial charge in [0.25, 0.3) is 0 Å². The molecule has 3 heterocycles. The molecule has 1 aliphatic heterocycles. The molecule has 0 radical (unpaired) electrons. The number of nitrogens with zero attached hydrogens (tertiary/aromatic N) is 1. The number of hydrogen-bond acceptors (Lipinski definition) is 4. The van der Waals surface area contributed by atoms with Crippen LogP contribution in [0.3, 0.4) is 0 Å². The molecule has 1 aliphatic rings. The molecule has 1 aromatic carbocycles. The summed E-state index contributed by atoms with van der Waals surface area (Å²) < 4.78 is 13.3. The van der Waals surface area contributed by atoms with Crippen molar-refractivity contribution in [1.82, 2.24) is 10.3 Å². The molecule has 0 atom stereocenters. The highest BCUT2D eigenvalue weighted by molar-refractivity contribution is 7.14. The first-order valence-corrected chi connectivity index (χ1v) is 12.3. The molecule has 1 amide bonds. The van der Waals surface area contributed by atoms with Gasteiger partial charge in [-0.05, 0) is 79.1 Å². The Morgan fingerprint density at radius 2 is 1.94 bits per heavy atom. The van der Waals surface area contributed by atoms with Crippen LogP contribution in [0, 0.1) is 11.9 Å². The fourth-order valence-electron chi connectivity index (χ4n) is 4.33. The van der Waals surface area contributed by atoms with Crippen molar-refractivity contribution in [2.75, 3.05) is 18.4 Å². The second kappa shape index (κ2) is 11.3. The number of carbonyl (C=O) groups is 1. The molecule has 168 valence electrons. The molecule has 2 N–H and O–H groups in total. The number of hydrogen-bond donors (Lipinski definition) is 2. The molecule has 1 saturated heterocycles. The first kappa shape index (κ1) is 22.6. The summed E-state index contributed by atoms with van der Waals surface area (Å²) in [6.07, 6.45) is 9.30. The van der Waals surface area contributed by atoms with Gasteiger partial charge >= 0.3 is 0 Å². The molecule has 0 bridgehead atoms. The summed E-state index contributed by atoms with van der Waals surface area (Å²) in [6.45, 7) is 2.34. The van der Waals surface area contributed by atoms with Crippen LogP contribution in [0.1, 0.15) is 43.2 Å². The van der Waals surface area contributed by atoms with Crippen molar-refractivity contribution in [3.63, 3.8) is 0 Å². The first-order valence-electron chi connectivity index (χ1n) is 11.4. The summed E-state index contributed by atoms with van der Waals surface area (Å²) in [5.74, 6) is 0.342. The van der Waals surface area contributed by atoms with Gasteiger partial charge in [-0.1, -0.05) is 37.1 Å². The molecule has 0 aliphatic carbocycles. The van der Waals surface area contributed by atoms with Crippen molar-refractivity contribution in [1.29, 1.82) is 0 Å². The first-order chi connectivity index (χ1) is 15.7. The van der Waals surface area contributed by atoms with E-state index in [1.54, 1.807) is 6.07 Å². The molecular weight excluding hydrogens is 421 g/mol. The number of nitrogens with one attached hydrogen (secondary N) is 2. The predicted molar refractivity (Wildman–Crippen MR) is 129 cm³/mol. The number of unbranched alkanes of at least 4 members (excludes halogenated alkanes) is 1. The minimum atomic E-state index is -0.509. The lowest BCUT2D eigenvalue weighted by Gasteiger charge is -2.22. The van der Waals surface area contributed by atoms with Gasteiger partial charge in [-0.3, -0.25) is 4.79 Å². The number of benzene rings is 1. The van der Waals surface area contributed by atoms with Crippen LogP contribution in [-0.4, -0.2) is 24.0 Å². The standard InChI is InChI=1S/C26H30FN3OS/c27-24-16-22(10-13-29-24)23-17-26(32-18-23)30-25(31)15-21-7-3-6-20(14-21)5-2-1-4-19-8-11-28-12-9-19/h3,6-7,10,13-14,16-19,28H,1-2,4-5,8-9,11-12,15H2,(H,30,31). The van der Waals surface area contributed by atoms with Gasteiger partial charge in [-0.2, -0.15) is 4.39 Å². The van der Waals surface area contributed by atoms with Gasteiger partial charge in [0.1, 0.15) is 0 Å². The molecule has 3 aromatic rings. The van der Waals surface area contributed by atoms with Crippen molar-refractivity contribution < 1.29 is 9.18 Å². The number of aryl methyl sites for hydroxylation is 1. The Kier molecular flexibility index (Phi) is 8.02. The Balaban J connectivity index is 1.24. The van der Waals surface area contributed by atoms with Crippen LogP contribution in [0.25, 0.3) is 11.1 Å². The molecule has 4 nitrogen and oxygen atoms in total. The normalized spacial score (nSPS) is 14.4. The number of rotatable bonds is 9. The van der Waals surface area contributed by atoms with E-state index in [0.29, 0.717) is 6.42 Å². The lowest BCUT2D eigenvalue weighted by atomic mass is 9.91. The maximum Gasteiger partial charge on any atom is 0.229 e. The second-order valence-corrected chi connectivity index (χ2v) is 9.46. The Hall–Kier alpha value is -2.57. The van der Waals surface area contributed by atoms with E-state index in [-0.39, 0.29) is 5.91 Å². The van der Waals surface area contributed by atoms with E-state index in [1.807, 2.05) is 23.6 Å². The molecule has 4 rings (SSSR count). The molecular formula is C26H30FN3OS. The maximum absolute atomic E-state index is 13.3. The van der Waals surface area contributed by atoms with E-state index in [2.05, 4.69) is 27.8 Å². The zero-order chi connectivity index (χ0) is 22.2. The summed E-state index contributed by atoms with van der Waals surface area (Å²) >= 11 is 1.44. The predicted octanol–water partition coefficient (Wildman–Crippen LogP) is 5.84. The number of pyridine rings is 1. The van der Waals surface area contributed by atoms with Crippen molar-refractivity contribution in [3.8, 4) is 11.1 Å². The third kappa shape index (κ3) is 6.71. The molecule has 2 aromatic heterocycles. The number of thiophene rings is 1. The van der Waals surface area contributed by atoms with E-state index in [4.69, 9.17) is 0 Å². The van der Waals surface area contributed by atoms with Gasteiger partial charge in [0.15, 0.2) is 0 Å². The average molecular weight is 452 g/mol. The fraction of sp³-hybridized carbons (Fsp3) is 0.385. The summed E-state index contributed by atoms with van der Waals surface area (Å²) in [5, 5.41) is 9.07. The number of halogens is 1. The van der Waals surface area contributed by atoms with Crippen LogP contribution in [0.5, 0.6) is 0 Å². The number of anilines is 1. The van der Waals surface area contributed by atoms with Crippen molar-refractivity contribution in [2.45, 2.75) is 44.9 Å². The molecule has 0 spiro atoms. The highest BCUT2D eigenvalue weighted by Gasteiger charge is 2.12. The van der Waals surface area contributed by atoms with Gasteiger partial charge in [-0.15, -0.1) is 11.3 Å². The quantitative estimate of drug-likeness (QED) is 0.317. The molecule has 32 heavy (non-hydrogen) atoms. The topological polar surface area (TPSA) is 54.0 Å². The zero-order valence-electron chi connectivity index (χ0n) is 18.3. The molecule has 0 unspecified atom stereocenters. The lowest BCUT2D eigenvalue weighted by Crippen LogP contribution is -2.27. The van der Waals surface area contributed by atoms with Crippen molar-refractivity contribution >= 4 is 22.2 Å². The number of carbonyl (C=O) groups excluding carboxylic acids is 1. The third-order valence-corrected chi connectivity index (χ3v) is 6.91. The lowest BCUT2D eigenvalue weighted by molar-refractivity contribution is -0.115. The maximum atomic E-state index is 13.3. The number of aromatic nitrogens is 1. The van der Waals surface area contributed by atoms with Crippen LogP contribution in [-0.2, 0) is 17.6 Å². The van der Waals surface area contributed by atoms with Crippen LogP contribution in [0.15, 0.2) is 54.0 Å². The van der Waals surface area contributed by atoms with Crippen LogP contribution in [0.2, 0.25) is 0 Å². The van der Waals surface area contributed by atoms with Crippen molar-refractivity contribution in [3.05, 3.63) is 71.1 Å². The SMILES string of the molecule is O=C(Cc1cccc(CCCCC2CCNCC2)c1)Nc1cc(-c2ccnc(F)c2)cs1. The summed E-state index contributed by atoms with van der Waals surface area (Å²) in [7, 11) is 0. The molecule has 6 heteroatoms. The van der Waals surface area contributed by atoms with Crippen LogP contribution >= 0.6 is 11.3 Å². The Bertz CT molecular complexity index is 1030. The van der Waals surface area contributed by atoms with Gasteiger partial charge in [0, 0.05) is 17.6 Å². The largest absolute Gasteiger partial charge is 0.317 e. The van der Waals surface area contributed by atoms with E-state index < -0.39 is 5.95 Å². The minimum absolute atomic E-state index is 0.0395. The summed E-state index contributed by atoms with van der Waals surface area (Å²) in [4.78, 5) is 16.1. The average Bonchev–Trinajstić information content (AvgIpc) is 3.26. The fourth-order valence-corrected chi connectivity index (χ4v) is 5.16. The van der Waals surface area contributed by atoms with Crippen LogP contribution < -0.4 is 10.6 Å². The summed E-state index contributed by atoms with van der Waals surface area (Å²) in [5.41, 5.74) is 3.96.